The topological polar surface area (TPSA) is 67.9 Å². The standard InChI is InChI=1S/C23H27FN2O4/c1-29-13-5-12-25-22(27)20-15-26(23(28)18-6-3-4-7-21(18)24)14-19(20)16-8-10-17(30-2)11-9-16/h3-4,6-11,19-20H,5,12-15H2,1-2H3,(H,25,27)/t19-,20-/m1/s1. The van der Waals surface area contributed by atoms with Crippen LogP contribution in [0.15, 0.2) is 48.5 Å². The molecule has 1 heterocycles. The van der Waals surface area contributed by atoms with Crippen molar-refractivity contribution in [3.8, 4) is 5.75 Å². The monoisotopic (exact) mass is 414 g/mol. The number of rotatable bonds is 8. The van der Waals surface area contributed by atoms with Crippen molar-refractivity contribution in [2.24, 2.45) is 5.92 Å². The van der Waals surface area contributed by atoms with Gasteiger partial charge in [0.05, 0.1) is 18.6 Å². The molecule has 1 fully saturated rings. The van der Waals surface area contributed by atoms with E-state index in [0.717, 1.165) is 11.3 Å². The molecule has 3 rings (SSSR count). The lowest BCUT2D eigenvalue weighted by molar-refractivity contribution is -0.124. The van der Waals surface area contributed by atoms with E-state index in [-0.39, 0.29) is 23.9 Å². The number of ether oxygens (including phenoxy) is 2. The molecule has 160 valence electrons. The molecule has 0 bridgehead atoms. The summed E-state index contributed by atoms with van der Waals surface area (Å²) in [5.74, 6) is -0.963. The predicted octanol–water partition coefficient (Wildman–Crippen LogP) is 2.84. The molecule has 0 radical (unpaired) electrons. The van der Waals surface area contributed by atoms with Gasteiger partial charge in [0, 0.05) is 39.3 Å². The van der Waals surface area contributed by atoms with Crippen molar-refractivity contribution < 1.29 is 23.5 Å². The number of halogens is 1. The average molecular weight is 414 g/mol. The zero-order valence-corrected chi connectivity index (χ0v) is 17.3. The van der Waals surface area contributed by atoms with E-state index in [1.54, 1.807) is 31.3 Å². The van der Waals surface area contributed by atoms with Crippen molar-refractivity contribution in [3.63, 3.8) is 0 Å². The van der Waals surface area contributed by atoms with E-state index < -0.39 is 17.6 Å². The lowest BCUT2D eigenvalue weighted by Crippen LogP contribution is -2.36. The van der Waals surface area contributed by atoms with Crippen LogP contribution < -0.4 is 10.1 Å². The number of likely N-dealkylation sites (tertiary alicyclic amines) is 1. The second-order valence-electron chi connectivity index (χ2n) is 7.31. The Balaban J connectivity index is 1.80. The Bertz CT molecular complexity index is 872. The van der Waals surface area contributed by atoms with Gasteiger partial charge in [0.1, 0.15) is 11.6 Å². The molecule has 7 heteroatoms. The third-order valence-electron chi connectivity index (χ3n) is 5.42. The third kappa shape index (κ3) is 4.97. The maximum Gasteiger partial charge on any atom is 0.256 e. The summed E-state index contributed by atoms with van der Waals surface area (Å²) in [6, 6.07) is 13.4. The molecule has 6 nitrogen and oxygen atoms in total. The van der Waals surface area contributed by atoms with Crippen LogP contribution in [0.3, 0.4) is 0 Å². The number of carbonyl (C=O) groups is 2. The maximum atomic E-state index is 14.1. The number of carbonyl (C=O) groups excluding carboxylic acids is 2. The number of hydrogen-bond acceptors (Lipinski definition) is 4. The fourth-order valence-corrected chi connectivity index (χ4v) is 3.79. The van der Waals surface area contributed by atoms with Gasteiger partial charge in [0.15, 0.2) is 0 Å². The van der Waals surface area contributed by atoms with E-state index in [0.29, 0.717) is 26.1 Å². The Morgan fingerprint density at radius 3 is 2.50 bits per heavy atom. The van der Waals surface area contributed by atoms with Crippen LogP contribution in [0, 0.1) is 11.7 Å². The average Bonchev–Trinajstić information content (AvgIpc) is 3.22. The zero-order chi connectivity index (χ0) is 21.5. The first kappa shape index (κ1) is 21.8. The summed E-state index contributed by atoms with van der Waals surface area (Å²) in [5.41, 5.74) is 0.962. The summed E-state index contributed by atoms with van der Waals surface area (Å²) >= 11 is 0. The number of amides is 2. The van der Waals surface area contributed by atoms with Crippen LogP contribution in [0.25, 0.3) is 0 Å². The lowest BCUT2D eigenvalue weighted by Gasteiger charge is -2.18. The van der Waals surface area contributed by atoms with Crippen molar-refractivity contribution in [1.82, 2.24) is 10.2 Å². The highest BCUT2D eigenvalue weighted by Gasteiger charge is 2.40. The van der Waals surface area contributed by atoms with Gasteiger partial charge in [-0.1, -0.05) is 24.3 Å². The van der Waals surface area contributed by atoms with Gasteiger partial charge in [-0.05, 0) is 36.2 Å². The van der Waals surface area contributed by atoms with E-state index >= 15 is 0 Å². The van der Waals surface area contributed by atoms with E-state index in [9.17, 15) is 14.0 Å². The van der Waals surface area contributed by atoms with E-state index in [4.69, 9.17) is 9.47 Å². The molecule has 0 unspecified atom stereocenters. The Morgan fingerprint density at radius 2 is 1.83 bits per heavy atom. The Labute approximate surface area is 176 Å². The van der Waals surface area contributed by atoms with Crippen LogP contribution in [-0.4, -0.2) is 57.2 Å². The lowest BCUT2D eigenvalue weighted by atomic mass is 9.88. The molecular formula is C23H27FN2O4. The minimum atomic E-state index is -0.559. The van der Waals surface area contributed by atoms with Gasteiger partial charge >= 0.3 is 0 Å². The molecule has 2 aromatic carbocycles. The summed E-state index contributed by atoms with van der Waals surface area (Å²) in [6.07, 6.45) is 0.708. The molecular weight excluding hydrogens is 387 g/mol. The Kier molecular flexibility index (Phi) is 7.41. The van der Waals surface area contributed by atoms with Gasteiger partial charge < -0.3 is 19.7 Å². The number of benzene rings is 2. The number of nitrogens with zero attached hydrogens (tertiary/aromatic N) is 1. The Morgan fingerprint density at radius 1 is 1.10 bits per heavy atom. The fourth-order valence-electron chi connectivity index (χ4n) is 3.79. The SMILES string of the molecule is COCCCNC(=O)[C@@H]1CN(C(=O)c2ccccc2F)C[C@@H]1c1ccc(OC)cc1. The van der Waals surface area contributed by atoms with E-state index in [2.05, 4.69) is 5.32 Å². The summed E-state index contributed by atoms with van der Waals surface area (Å²) in [5, 5.41) is 2.94. The highest BCUT2D eigenvalue weighted by atomic mass is 19.1. The maximum absolute atomic E-state index is 14.1. The van der Waals surface area contributed by atoms with Crippen LogP contribution >= 0.6 is 0 Å². The largest absolute Gasteiger partial charge is 0.497 e. The molecule has 1 aliphatic rings. The van der Waals surface area contributed by atoms with Crippen LogP contribution in [-0.2, 0) is 9.53 Å². The summed E-state index contributed by atoms with van der Waals surface area (Å²) in [6.45, 7) is 1.64. The summed E-state index contributed by atoms with van der Waals surface area (Å²) in [4.78, 5) is 27.4. The van der Waals surface area contributed by atoms with Crippen LogP contribution in [0.2, 0.25) is 0 Å². The van der Waals surface area contributed by atoms with Crippen molar-refractivity contribution in [3.05, 3.63) is 65.5 Å². The van der Waals surface area contributed by atoms with Crippen molar-refractivity contribution in [1.29, 1.82) is 0 Å². The zero-order valence-electron chi connectivity index (χ0n) is 17.3. The quantitative estimate of drug-likeness (QED) is 0.675. The third-order valence-corrected chi connectivity index (χ3v) is 5.42. The summed E-state index contributed by atoms with van der Waals surface area (Å²) in [7, 11) is 3.21. The molecule has 2 atom stereocenters. The fraction of sp³-hybridized carbons (Fsp3) is 0.391. The van der Waals surface area contributed by atoms with Crippen molar-refractivity contribution in [2.75, 3.05) is 40.5 Å². The van der Waals surface area contributed by atoms with Gasteiger partial charge in [0.2, 0.25) is 5.91 Å². The molecule has 0 aromatic heterocycles. The van der Waals surface area contributed by atoms with Gasteiger partial charge in [-0.25, -0.2) is 4.39 Å². The number of methoxy groups -OCH3 is 2. The molecule has 2 aromatic rings. The molecule has 0 saturated carbocycles. The second kappa shape index (κ2) is 10.2. The van der Waals surface area contributed by atoms with Crippen LogP contribution in [0.5, 0.6) is 5.75 Å². The van der Waals surface area contributed by atoms with Crippen molar-refractivity contribution in [2.45, 2.75) is 12.3 Å². The molecule has 1 N–H and O–H groups in total. The minimum Gasteiger partial charge on any atom is -0.497 e. The van der Waals surface area contributed by atoms with E-state index in [1.165, 1.54) is 12.1 Å². The number of hydrogen-bond donors (Lipinski definition) is 1. The smallest absolute Gasteiger partial charge is 0.256 e. The molecule has 30 heavy (non-hydrogen) atoms. The minimum absolute atomic E-state index is 0.0205. The molecule has 0 spiro atoms. The predicted molar refractivity (Wildman–Crippen MR) is 111 cm³/mol. The van der Waals surface area contributed by atoms with Gasteiger partial charge in [-0.2, -0.15) is 0 Å². The van der Waals surface area contributed by atoms with Crippen LogP contribution in [0.1, 0.15) is 28.3 Å². The number of nitrogens with one attached hydrogen (secondary N) is 1. The van der Waals surface area contributed by atoms with Crippen molar-refractivity contribution >= 4 is 11.8 Å². The first-order valence-corrected chi connectivity index (χ1v) is 9.99. The van der Waals surface area contributed by atoms with E-state index in [1.807, 2.05) is 24.3 Å². The molecule has 2 amide bonds. The Hall–Kier alpha value is -2.93. The van der Waals surface area contributed by atoms with Gasteiger partial charge in [-0.15, -0.1) is 0 Å². The highest BCUT2D eigenvalue weighted by Crippen LogP contribution is 2.34. The van der Waals surface area contributed by atoms with Crippen LogP contribution in [0.4, 0.5) is 4.39 Å². The normalized spacial score (nSPS) is 18.3. The summed E-state index contributed by atoms with van der Waals surface area (Å²) < 4.78 is 24.4. The van der Waals surface area contributed by atoms with Gasteiger partial charge in [-0.3, -0.25) is 9.59 Å². The molecule has 1 saturated heterocycles. The molecule has 0 aliphatic carbocycles. The first-order valence-electron chi connectivity index (χ1n) is 9.99. The highest BCUT2D eigenvalue weighted by molar-refractivity contribution is 5.95. The second-order valence-corrected chi connectivity index (χ2v) is 7.31. The first-order chi connectivity index (χ1) is 14.5. The van der Waals surface area contributed by atoms with Gasteiger partial charge in [0.25, 0.3) is 5.91 Å². The molecule has 1 aliphatic heterocycles.